The van der Waals surface area contributed by atoms with Crippen LogP contribution in [-0.4, -0.2) is 16.1 Å². The van der Waals surface area contributed by atoms with Crippen molar-refractivity contribution in [1.29, 1.82) is 0 Å². The number of rotatable bonds is 7. The molecule has 0 radical (unpaired) electrons. The molecule has 0 aliphatic rings. The third-order valence-electron chi connectivity index (χ3n) is 5.24. The molecule has 0 unspecified atom stereocenters. The predicted molar refractivity (Wildman–Crippen MR) is 127 cm³/mol. The zero-order valence-electron chi connectivity index (χ0n) is 17.6. The molecule has 0 aliphatic heterocycles. The second-order valence-electron chi connectivity index (χ2n) is 7.67. The standard InChI is InChI=1S/C25H20F3NO2S2/c1-15-12-20(9-5-17(15)6-11-23(30)31)32-14-16-2-10-21-22(13-16)33-24(29-21)18-3-7-19(8-4-18)25(26,27)28/h2-5,7-10,12-13H,6,11,14H2,1H3,(H,30,31). The van der Waals surface area contributed by atoms with Crippen LogP contribution in [0.2, 0.25) is 0 Å². The third kappa shape index (κ3) is 5.75. The first kappa shape index (κ1) is 23.3. The molecule has 4 aromatic rings. The number of fused-ring (bicyclic) bond motifs is 1. The van der Waals surface area contributed by atoms with E-state index in [4.69, 9.17) is 5.11 Å². The number of hydrogen-bond acceptors (Lipinski definition) is 4. The summed E-state index contributed by atoms with van der Waals surface area (Å²) in [7, 11) is 0. The maximum atomic E-state index is 12.8. The topological polar surface area (TPSA) is 50.2 Å². The van der Waals surface area contributed by atoms with Crippen molar-refractivity contribution in [2.24, 2.45) is 0 Å². The van der Waals surface area contributed by atoms with Gasteiger partial charge in [0.05, 0.1) is 15.8 Å². The normalized spacial score (nSPS) is 11.8. The Morgan fingerprint density at radius 2 is 1.82 bits per heavy atom. The molecule has 170 valence electrons. The Morgan fingerprint density at radius 1 is 1.06 bits per heavy atom. The molecule has 3 nitrogen and oxygen atoms in total. The fourth-order valence-electron chi connectivity index (χ4n) is 3.43. The number of halogens is 3. The van der Waals surface area contributed by atoms with E-state index in [1.807, 2.05) is 31.2 Å². The van der Waals surface area contributed by atoms with Gasteiger partial charge in [-0.15, -0.1) is 23.1 Å². The minimum atomic E-state index is -4.35. The molecule has 0 atom stereocenters. The van der Waals surface area contributed by atoms with Crippen LogP contribution in [0, 0.1) is 6.92 Å². The van der Waals surface area contributed by atoms with Gasteiger partial charge in [0, 0.05) is 22.6 Å². The second-order valence-corrected chi connectivity index (χ2v) is 9.75. The van der Waals surface area contributed by atoms with Gasteiger partial charge < -0.3 is 5.11 Å². The molecule has 1 aromatic heterocycles. The quantitative estimate of drug-likeness (QED) is 0.273. The number of aliphatic carboxylic acids is 1. The first-order valence-corrected chi connectivity index (χ1v) is 12.0. The molecule has 3 aromatic carbocycles. The highest BCUT2D eigenvalue weighted by Gasteiger charge is 2.30. The Bertz CT molecular complexity index is 1300. The molecule has 4 rings (SSSR count). The fourth-order valence-corrected chi connectivity index (χ4v) is 5.40. The van der Waals surface area contributed by atoms with Gasteiger partial charge in [-0.25, -0.2) is 4.98 Å². The van der Waals surface area contributed by atoms with Gasteiger partial charge in [0.25, 0.3) is 0 Å². The van der Waals surface area contributed by atoms with Gasteiger partial charge in [0.15, 0.2) is 0 Å². The maximum Gasteiger partial charge on any atom is 0.416 e. The molecular weight excluding hydrogens is 467 g/mol. The highest BCUT2D eigenvalue weighted by atomic mass is 32.2. The number of nitrogens with zero attached hydrogens (tertiary/aromatic N) is 1. The lowest BCUT2D eigenvalue weighted by molar-refractivity contribution is -0.138. The summed E-state index contributed by atoms with van der Waals surface area (Å²) in [5.74, 6) is -0.0371. The van der Waals surface area contributed by atoms with Crippen molar-refractivity contribution in [3.05, 3.63) is 82.9 Å². The Labute approximate surface area is 197 Å². The lowest BCUT2D eigenvalue weighted by atomic mass is 10.0. The van der Waals surface area contributed by atoms with Crippen molar-refractivity contribution < 1.29 is 23.1 Å². The summed E-state index contributed by atoms with van der Waals surface area (Å²) in [5, 5.41) is 9.55. The van der Waals surface area contributed by atoms with Crippen molar-refractivity contribution in [1.82, 2.24) is 4.98 Å². The Balaban J connectivity index is 1.45. The van der Waals surface area contributed by atoms with Gasteiger partial charge in [-0.05, 0) is 66.4 Å². The van der Waals surface area contributed by atoms with Crippen LogP contribution in [-0.2, 0) is 23.1 Å². The van der Waals surface area contributed by atoms with Crippen molar-refractivity contribution in [2.75, 3.05) is 0 Å². The van der Waals surface area contributed by atoms with Gasteiger partial charge in [-0.1, -0.05) is 24.3 Å². The Kier molecular flexibility index (Phi) is 6.76. The molecule has 33 heavy (non-hydrogen) atoms. The number of alkyl halides is 3. The number of hydrogen-bond donors (Lipinski definition) is 1. The van der Waals surface area contributed by atoms with Crippen LogP contribution in [0.1, 0.15) is 28.7 Å². The number of thioether (sulfide) groups is 1. The van der Waals surface area contributed by atoms with E-state index >= 15 is 0 Å². The fraction of sp³-hybridized carbons (Fsp3) is 0.200. The first-order chi connectivity index (χ1) is 15.7. The molecule has 0 amide bonds. The lowest BCUT2D eigenvalue weighted by Gasteiger charge is -2.08. The zero-order valence-corrected chi connectivity index (χ0v) is 19.3. The van der Waals surface area contributed by atoms with Crippen molar-refractivity contribution >= 4 is 39.3 Å². The molecule has 0 bridgehead atoms. The Hall–Kier alpha value is -2.84. The zero-order chi connectivity index (χ0) is 23.6. The highest BCUT2D eigenvalue weighted by Crippen LogP contribution is 2.35. The summed E-state index contributed by atoms with van der Waals surface area (Å²) in [5.41, 5.74) is 4.07. The summed E-state index contributed by atoms with van der Waals surface area (Å²) in [6.07, 6.45) is -3.71. The van der Waals surface area contributed by atoms with Crippen molar-refractivity contribution in [3.8, 4) is 10.6 Å². The molecule has 0 spiro atoms. The molecule has 0 saturated carbocycles. The van der Waals surface area contributed by atoms with Gasteiger partial charge in [0.1, 0.15) is 5.01 Å². The number of benzene rings is 3. The molecule has 0 aliphatic carbocycles. The van der Waals surface area contributed by atoms with E-state index in [9.17, 15) is 18.0 Å². The number of carboxylic acid groups (broad SMARTS) is 1. The third-order valence-corrected chi connectivity index (χ3v) is 7.37. The van der Waals surface area contributed by atoms with Crippen molar-refractivity contribution in [3.63, 3.8) is 0 Å². The number of thiazole rings is 1. The summed E-state index contributed by atoms with van der Waals surface area (Å²) in [4.78, 5) is 16.5. The molecule has 0 saturated heterocycles. The first-order valence-electron chi connectivity index (χ1n) is 10.2. The van der Waals surface area contributed by atoms with Crippen LogP contribution in [0.3, 0.4) is 0 Å². The van der Waals surface area contributed by atoms with Crippen molar-refractivity contribution in [2.45, 2.75) is 36.6 Å². The highest BCUT2D eigenvalue weighted by molar-refractivity contribution is 7.98. The van der Waals surface area contributed by atoms with Crippen LogP contribution < -0.4 is 0 Å². The average molecular weight is 488 g/mol. The van der Waals surface area contributed by atoms with Gasteiger partial charge in [-0.2, -0.15) is 13.2 Å². The minimum absolute atomic E-state index is 0.122. The summed E-state index contributed by atoms with van der Waals surface area (Å²) in [6, 6.07) is 17.2. The van der Waals surface area contributed by atoms with Crippen LogP contribution in [0.15, 0.2) is 65.6 Å². The largest absolute Gasteiger partial charge is 0.481 e. The molecule has 1 N–H and O–H groups in total. The van der Waals surface area contributed by atoms with E-state index in [2.05, 4.69) is 17.1 Å². The van der Waals surface area contributed by atoms with E-state index in [-0.39, 0.29) is 6.42 Å². The van der Waals surface area contributed by atoms with Crippen LogP contribution >= 0.6 is 23.1 Å². The van der Waals surface area contributed by atoms with E-state index in [0.29, 0.717) is 17.0 Å². The average Bonchev–Trinajstić information content (AvgIpc) is 3.20. The smallest absolute Gasteiger partial charge is 0.416 e. The van der Waals surface area contributed by atoms with E-state index in [1.54, 1.807) is 11.8 Å². The summed E-state index contributed by atoms with van der Waals surface area (Å²) < 4.78 is 39.4. The van der Waals surface area contributed by atoms with Gasteiger partial charge in [0.2, 0.25) is 0 Å². The van der Waals surface area contributed by atoms with Crippen LogP contribution in [0.5, 0.6) is 0 Å². The van der Waals surface area contributed by atoms with E-state index in [0.717, 1.165) is 49.7 Å². The number of aromatic nitrogens is 1. The number of carboxylic acids is 1. The summed E-state index contributed by atoms with van der Waals surface area (Å²) >= 11 is 3.16. The summed E-state index contributed by atoms with van der Waals surface area (Å²) in [6.45, 7) is 1.99. The monoisotopic (exact) mass is 487 g/mol. The van der Waals surface area contributed by atoms with E-state index in [1.165, 1.54) is 23.5 Å². The SMILES string of the molecule is Cc1cc(SCc2ccc3nc(-c4ccc(C(F)(F)F)cc4)sc3c2)ccc1CCC(=O)O. The van der Waals surface area contributed by atoms with Gasteiger partial charge in [-0.3, -0.25) is 4.79 Å². The minimum Gasteiger partial charge on any atom is -0.481 e. The predicted octanol–water partition coefficient (Wildman–Crippen LogP) is 7.60. The number of aryl methyl sites for hydroxylation is 2. The Morgan fingerprint density at radius 3 is 2.48 bits per heavy atom. The molecule has 0 fully saturated rings. The van der Waals surface area contributed by atoms with Crippen LogP contribution in [0.4, 0.5) is 13.2 Å². The van der Waals surface area contributed by atoms with Gasteiger partial charge >= 0.3 is 12.1 Å². The van der Waals surface area contributed by atoms with Crippen LogP contribution in [0.25, 0.3) is 20.8 Å². The van der Waals surface area contributed by atoms with E-state index < -0.39 is 17.7 Å². The molecule has 8 heteroatoms. The number of carbonyl (C=O) groups is 1. The maximum absolute atomic E-state index is 12.8. The molecule has 1 heterocycles. The lowest BCUT2D eigenvalue weighted by Crippen LogP contribution is -2.03. The second kappa shape index (κ2) is 9.57. The molecular formula is C25H20F3NO2S2.